The quantitative estimate of drug-likeness (QED) is 0.221. The summed E-state index contributed by atoms with van der Waals surface area (Å²) in [4.78, 5) is 3.64. The number of phenols is 2. The van der Waals surface area contributed by atoms with Gasteiger partial charge in [0, 0.05) is 22.8 Å². The van der Waals surface area contributed by atoms with Crippen molar-refractivity contribution in [1.29, 1.82) is 10.5 Å². The standard InChI is InChI=1S/C26H31N9.C8H2Cl2N2O2/c1-15-11-19(5)32(28-15)25(33-20(6)12-16(2)29-33)23-9-10-24(27-23)26(34-21(7)13-17(3)30-34)35-22(8)14-18(4)31-35;9-5-6(10)8(14)4(2-12)3(1-11)7(5)13/h9-14,27H,1-8H3;13-14H. The van der Waals surface area contributed by atoms with E-state index in [9.17, 15) is 10.2 Å². The number of aryl methyl sites for hydroxylation is 8. The zero-order valence-corrected chi connectivity index (χ0v) is 29.6. The van der Waals surface area contributed by atoms with Gasteiger partial charge in [-0.1, -0.05) is 23.2 Å². The molecule has 6 rings (SSSR count). The summed E-state index contributed by atoms with van der Waals surface area (Å²) in [6.07, 6.45) is 0. The SMILES string of the molecule is Cc1cc(C)n(C(=c2ccc(=C(n3nc(C)cc3C)n3nc(C)cc3C)[nH]2)n2nc(C)cc2C)n1.N#Cc1c(O)c(Cl)c(Cl)c(O)c1C#N. The van der Waals surface area contributed by atoms with Crippen LogP contribution in [0.5, 0.6) is 11.5 Å². The number of hydrogen-bond acceptors (Lipinski definition) is 8. The monoisotopic (exact) mass is 697 g/mol. The number of H-pyrrole nitrogens is 1. The fourth-order valence-electron chi connectivity index (χ4n) is 5.55. The van der Waals surface area contributed by atoms with Crippen molar-refractivity contribution < 1.29 is 10.2 Å². The highest BCUT2D eigenvalue weighted by Crippen LogP contribution is 2.43. The number of benzene rings is 1. The number of nitrogens with zero attached hydrogens (tertiary/aromatic N) is 10. The molecule has 13 nitrogen and oxygen atoms in total. The molecule has 49 heavy (non-hydrogen) atoms. The van der Waals surface area contributed by atoms with Crippen LogP contribution < -0.4 is 10.7 Å². The first-order valence-corrected chi connectivity index (χ1v) is 15.7. The van der Waals surface area contributed by atoms with Crippen LogP contribution in [-0.2, 0) is 0 Å². The van der Waals surface area contributed by atoms with Crippen molar-refractivity contribution in [3.63, 3.8) is 0 Å². The predicted molar refractivity (Wildman–Crippen MR) is 184 cm³/mol. The Balaban J connectivity index is 0.000000281. The molecule has 0 bridgehead atoms. The van der Waals surface area contributed by atoms with Crippen LogP contribution in [0.4, 0.5) is 0 Å². The lowest BCUT2D eigenvalue weighted by molar-refractivity contribution is 0.458. The summed E-state index contributed by atoms with van der Waals surface area (Å²) in [6, 6.07) is 15.5. The summed E-state index contributed by atoms with van der Waals surface area (Å²) < 4.78 is 7.76. The van der Waals surface area contributed by atoms with Crippen molar-refractivity contribution >= 4 is 34.8 Å². The molecule has 0 spiro atoms. The van der Waals surface area contributed by atoms with Crippen LogP contribution in [0.25, 0.3) is 11.6 Å². The molecule has 250 valence electrons. The van der Waals surface area contributed by atoms with Crippen LogP contribution in [0.3, 0.4) is 0 Å². The number of phenolic OH excluding ortho intramolecular Hbond substituents is 2. The minimum Gasteiger partial charge on any atom is -0.505 e. The van der Waals surface area contributed by atoms with Crippen molar-refractivity contribution in [1.82, 2.24) is 44.1 Å². The molecular formula is C34H33Cl2N11O2. The maximum absolute atomic E-state index is 9.31. The molecule has 5 aromatic heterocycles. The van der Waals surface area contributed by atoms with Gasteiger partial charge in [0.15, 0.2) is 23.1 Å². The second-order valence-corrected chi connectivity index (χ2v) is 12.3. The highest BCUT2D eigenvalue weighted by atomic mass is 35.5. The second kappa shape index (κ2) is 13.4. The third-order valence-electron chi connectivity index (χ3n) is 7.56. The molecule has 0 atom stereocenters. The molecule has 0 aliphatic rings. The van der Waals surface area contributed by atoms with E-state index >= 15 is 0 Å². The Morgan fingerprint density at radius 3 is 1.04 bits per heavy atom. The zero-order valence-electron chi connectivity index (χ0n) is 28.1. The van der Waals surface area contributed by atoms with Crippen molar-refractivity contribution in [2.45, 2.75) is 55.4 Å². The van der Waals surface area contributed by atoms with E-state index in [4.69, 9.17) is 54.1 Å². The summed E-state index contributed by atoms with van der Waals surface area (Å²) in [5.74, 6) is 0.476. The topological polar surface area (TPSA) is 175 Å². The Kier molecular flexibility index (Phi) is 9.45. The minimum atomic E-state index is -0.603. The molecule has 0 saturated heterocycles. The molecule has 0 amide bonds. The highest BCUT2D eigenvalue weighted by Gasteiger charge is 2.22. The predicted octanol–water partition coefficient (Wildman–Crippen LogP) is 4.74. The van der Waals surface area contributed by atoms with Gasteiger partial charge in [0.1, 0.15) is 33.3 Å². The maximum atomic E-state index is 9.31. The van der Waals surface area contributed by atoms with Crippen molar-refractivity contribution in [3.8, 4) is 23.6 Å². The van der Waals surface area contributed by atoms with Gasteiger partial charge in [0.25, 0.3) is 0 Å². The van der Waals surface area contributed by atoms with Gasteiger partial charge >= 0.3 is 0 Å². The van der Waals surface area contributed by atoms with E-state index < -0.39 is 11.5 Å². The third-order valence-corrected chi connectivity index (χ3v) is 8.40. The van der Waals surface area contributed by atoms with E-state index in [0.29, 0.717) is 0 Å². The van der Waals surface area contributed by atoms with Crippen molar-refractivity contribution in [2.75, 3.05) is 0 Å². The minimum absolute atomic E-state index is 0.347. The van der Waals surface area contributed by atoms with Gasteiger partial charge in [-0.15, -0.1) is 0 Å². The fourth-order valence-corrected chi connectivity index (χ4v) is 5.91. The molecule has 1 aromatic carbocycles. The summed E-state index contributed by atoms with van der Waals surface area (Å²) in [6.45, 7) is 16.2. The largest absolute Gasteiger partial charge is 0.505 e. The average molecular weight is 699 g/mol. The van der Waals surface area contributed by atoms with Crippen LogP contribution in [0.15, 0.2) is 36.4 Å². The molecule has 0 aliphatic carbocycles. The van der Waals surface area contributed by atoms with Crippen molar-refractivity contribution in [2.24, 2.45) is 0 Å². The zero-order chi connectivity index (χ0) is 35.9. The van der Waals surface area contributed by atoms with Crippen LogP contribution in [0.1, 0.15) is 56.7 Å². The molecule has 0 unspecified atom stereocenters. The number of nitriles is 2. The summed E-state index contributed by atoms with van der Waals surface area (Å²) in [5.41, 5.74) is 7.14. The lowest BCUT2D eigenvalue weighted by Crippen LogP contribution is -2.28. The van der Waals surface area contributed by atoms with E-state index in [0.717, 1.165) is 67.9 Å². The van der Waals surface area contributed by atoms with Crippen LogP contribution in [0.2, 0.25) is 10.0 Å². The molecule has 3 N–H and O–H groups in total. The normalized spacial score (nSPS) is 10.8. The molecular weight excluding hydrogens is 665 g/mol. The molecule has 0 saturated carbocycles. The van der Waals surface area contributed by atoms with Crippen LogP contribution >= 0.6 is 23.2 Å². The first kappa shape index (κ1) is 34.6. The Hall–Kier alpha value is -5.76. The van der Waals surface area contributed by atoms with Gasteiger partial charge in [-0.3, -0.25) is 0 Å². The smallest absolute Gasteiger partial charge is 0.178 e. The van der Waals surface area contributed by atoms with Gasteiger partial charge < -0.3 is 15.2 Å². The molecule has 6 aromatic rings. The van der Waals surface area contributed by atoms with Gasteiger partial charge in [0.2, 0.25) is 0 Å². The first-order valence-electron chi connectivity index (χ1n) is 15.0. The highest BCUT2D eigenvalue weighted by molar-refractivity contribution is 6.44. The number of rotatable bonds is 4. The molecule has 0 fully saturated rings. The number of nitrogens with one attached hydrogen (secondary N) is 1. The van der Waals surface area contributed by atoms with Gasteiger partial charge in [-0.2, -0.15) is 30.9 Å². The molecule has 0 aliphatic heterocycles. The third kappa shape index (κ3) is 6.42. The Morgan fingerprint density at radius 1 is 0.571 bits per heavy atom. The Labute approximate surface area is 291 Å². The maximum Gasteiger partial charge on any atom is 0.178 e. The number of aromatic nitrogens is 9. The summed E-state index contributed by atoms with van der Waals surface area (Å²) in [7, 11) is 0. The van der Waals surface area contributed by atoms with Crippen LogP contribution in [-0.4, -0.2) is 54.3 Å². The molecule has 15 heteroatoms. The second-order valence-electron chi connectivity index (χ2n) is 11.6. The van der Waals surface area contributed by atoms with E-state index in [2.05, 4.69) is 69.1 Å². The van der Waals surface area contributed by atoms with E-state index in [1.807, 2.05) is 46.4 Å². The average Bonchev–Trinajstić information content (AvgIpc) is 3.86. The summed E-state index contributed by atoms with van der Waals surface area (Å²) in [5, 5.41) is 56.0. The van der Waals surface area contributed by atoms with Gasteiger partial charge in [-0.05, 0) is 91.8 Å². The first-order chi connectivity index (χ1) is 23.2. The van der Waals surface area contributed by atoms with Crippen molar-refractivity contribution in [3.05, 3.63) is 114 Å². The Bertz CT molecular complexity index is 2200. The van der Waals surface area contributed by atoms with Gasteiger partial charge in [0.05, 0.1) is 33.5 Å². The number of halogens is 2. The van der Waals surface area contributed by atoms with Crippen LogP contribution in [0, 0.1) is 78.1 Å². The Morgan fingerprint density at radius 2 is 0.837 bits per heavy atom. The fraction of sp³-hybridized carbons (Fsp3) is 0.235. The molecule has 5 heterocycles. The number of aromatic hydroxyl groups is 2. The molecule has 0 radical (unpaired) electrons. The number of aromatic amines is 1. The van der Waals surface area contributed by atoms with E-state index in [-0.39, 0.29) is 21.2 Å². The lowest BCUT2D eigenvalue weighted by Gasteiger charge is -2.12. The lowest BCUT2D eigenvalue weighted by atomic mass is 10.1. The van der Waals surface area contributed by atoms with Gasteiger partial charge in [-0.25, -0.2) is 18.7 Å². The summed E-state index contributed by atoms with van der Waals surface area (Å²) >= 11 is 11.0. The van der Waals surface area contributed by atoms with E-state index in [1.54, 1.807) is 12.1 Å². The number of hydrogen-bond donors (Lipinski definition) is 3. The van der Waals surface area contributed by atoms with E-state index in [1.165, 1.54) is 0 Å².